The van der Waals surface area contributed by atoms with Gasteiger partial charge in [0.25, 0.3) is 0 Å². The predicted octanol–water partition coefficient (Wildman–Crippen LogP) is 5.62. The van der Waals surface area contributed by atoms with Crippen molar-refractivity contribution in [3.8, 4) is 5.75 Å². The fraction of sp³-hybridized carbons (Fsp3) is 0.250. The van der Waals surface area contributed by atoms with Crippen molar-refractivity contribution in [1.82, 2.24) is 5.32 Å². The molecule has 2 rings (SSSR count). The maximum Gasteiger partial charge on any atom is 0.133 e. The van der Waals surface area contributed by atoms with Gasteiger partial charge in [-0.15, -0.1) is 0 Å². The molecule has 112 valence electrons. The van der Waals surface area contributed by atoms with Crippen molar-refractivity contribution in [2.75, 3.05) is 7.11 Å². The average molecular weight is 389 g/mol. The molecule has 0 saturated heterocycles. The highest BCUT2D eigenvalue weighted by Gasteiger charge is 2.10. The van der Waals surface area contributed by atoms with Gasteiger partial charge in [0.2, 0.25) is 0 Å². The van der Waals surface area contributed by atoms with Crippen LogP contribution in [0.5, 0.6) is 5.75 Å². The third-order valence-electron chi connectivity index (χ3n) is 3.26. The van der Waals surface area contributed by atoms with Gasteiger partial charge in [-0.05, 0) is 58.2 Å². The highest BCUT2D eigenvalue weighted by Crippen LogP contribution is 2.28. The highest BCUT2D eigenvalue weighted by molar-refractivity contribution is 9.10. The van der Waals surface area contributed by atoms with Gasteiger partial charge in [-0.3, -0.25) is 0 Å². The number of halogens is 3. The fourth-order valence-corrected chi connectivity index (χ4v) is 3.21. The topological polar surface area (TPSA) is 21.3 Å². The summed E-state index contributed by atoms with van der Waals surface area (Å²) >= 11 is 15.6. The molecule has 0 amide bonds. The number of methoxy groups -OCH3 is 1. The molecule has 1 N–H and O–H groups in total. The van der Waals surface area contributed by atoms with Crippen LogP contribution in [0.4, 0.5) is 0 Å². The SMILES string of the molecule is COc1ccc(CNC(C)c2ccc(Cl)cc2Cl)cc1Br. The van der Waals surface area contributed by atoms with Crippen molar-refractivity contribution in [3.05, 3.63) is 62.0 Å². The average Bonchev–Trinajstić information content (AvgIpc) is 2.45. The monoisotopic (exact) mass is 387 g/mol. The molecule has 1 atom stereocenters. The second kappa shape index (κ2) is 7.50. The molecule has 2 nitrogen and oxygen atoms in total. The second-order valence-electron chi connectivity index (χ2n) is 4.74. The predicted molar refractivity (Wildman–Crippen MR) is 92.4 cm³/mol. The Kier molecular flexibility index (Phi) is 5.94. The zero-order valence-electron chi connectivity index (χ0n) is 11.8. The zero-order chi connectivity index (χ0) is 15.4. The first-order valence-corrected chi connectivity index (χ1v) is 8.07. The molecule has 0 radical (unpaired) electrons. The lowest BCUT2D eigenvalue weighted by atomic mass is 10.1. The second-order valence-corrected chi connectivity index (χ2v) is 6.44. The molecule has 2 aromatic rings. The first-order valence-electron chi connectivity index (χ1n) is 6.52. The Morgan fingerprint density at radius 2 is 1.95 bits per heavy atom. The number of hydrogen-bond donors (Lipinski definition) is 1. The van der Waals surface area contributed by atoms with Gasteiger partial charge in [-0.25, -0.2) is 0 Å². The Balaban J connectivity index is 2.03. The van der Waals surface area contributed by atoms with Crippen molar-refractivity contribution in [3.63, 3.8) is 0 Å². The number of nitrogens with one attached hydrogen (secondary N) is 1. The number of benzene rings is 2. The van der Waals surface area contributed by atoms with E-state index in [2.05, 4.69) is 28.2 Å². The van der Waals surface area contributed by atoms with Gasteiger partial charge in [-0.2, -0.15) is 0 Å². The van der Waals surface area contributed by atoms with Gasteiger partial charge in [-0.1, -0.05) is 35.3 Å². The van der Waals surface area contributed by atoms with Crippen molar-refractivity contribution in [1.29, 1.82) is 0 Å². The van der Waals surface area contributed by atoms with Crippen LogP contribution in [0.15, 0.2) is 40.9 Å². The lowest BCUT2D eigenvalue weighted by molar-refractivity contribution is 0.412. The van der Waals surface area contributed by atoms with E-state index in [-0.39, 0.29) is 6.04 Å². The minimum Gasteiger partial charge on any atom is -0.496 e. The molecule has 5 heteroatoms. The Morgan fingerprint density at radius 3 is 2.57 bits per heavy atom. The number of rotatable bonds is 5. The van der Waals surface area contributed by atoms with Crippen molar-refractivity contribution < 1.29 is 4.74 Å². The van der Waals surface area contributed by atoms with Gasteiger partial charge in [0, 0.05) is 22.6 Å². The summed E-state index contributed by atoms with van der Waals surface area (Å²) in [6.07, 6.45) is 0. The highest BCUT2D eigenvalue weighted by atomic mass is 79.9. The van der Waals surface area contributed by atoms with Crippen molar-refractivity contribution >= 4 is 39.1 Å². The largest absolute Gasteiger partial charge is 0.496 e. The summed E-state index contributed by atoms with van der Waals surface area (Å²) in [5.41, 5.74) is 2.20. The molecule has 0 aromatic heterocycles. The van der Waals surface area contributed by atoms with Crippen LogP contribution in [0.3, 0.4) is 0 Å². The molecule has 21 heavy (non-hydrogen) atoms. The molecule has 0 fully saturated rings. The maximum absolute atomic E-state index is 6.22. The molecule has 1 unspecified atom stereocenters. The summed E-state index contributed by atoms with van der Waals surface area (Å²) < 4.78 is 6.17. The maximum atomic E-state index is 6.22. The van der Waals surface area contributed by atoms with Gasteiger partial charge < -0.3 is 10.1 Å². The molecule has 0 heterocycles. The molecule has 0 aliphatic heterocycles. The van der Waals surface area contributed by atoms with Gasteiger partial charge in [0.1, 0.15) is 5.75 Å². The summed E-state index contributed by atoms with van der Waals surface area (Å²) in [6, 6.07) is 11.7. The molecule has 0 aliphatic carbocycles. The van der Waals surface area contributed by atoms with Crippen LogP contribution in [0.25, 0.3) is 0 Å². The van der Waals surface area contributed by atoms with Gasteiger partial charge in [0.15, 0.2) is 0 Å². The van der Waals surface area contributed by atoms with E-state index in [9.17, 15) is 0 Å². The minimum atomic E-state index is 0.135. The Hall–Kier alpha value is -0.740. The Morgan fingerprint density at radius 1 is 1.19 bits per heavy atom. The van der Waals surface area contributed by atoms with Crippen LogP contribution in [-0.4, -0.2) is 7.11 Å². The Bertz CT molecular complexity index is 634. The van der Waals surface area contributed by atoms with E-state index in [1.807, 2.05) is 30.3 Å². The molecule has 0 spiro atoms. The van der Waals surface area contributed by atoms with Crippen LogP contribution in [0.2, 0.25) is 10.0 Å². The molecular formula is C16H16BrCl2NO. The molecular weight excluding hydrogens is 373 g/mol. The van der Waals surface area contributed by atoms with Crippen LogP contribution >= 0.6 is 39.1 Å². The summed E-state index contributed by atoms with van der Waals surface area (Å²) in [4.78, 5) is 0. The van der Waals surface area contributed by atoms with Crippen molar-refractivity contribution in [2.45, 2.75) is 19.5 Å². The van der Waals surface area contributed by atoms with Crippen LogP contribution < -0.4 is 10.1 Å². The summed E-state index contributed by atoms with van der Waals surface area (Å²) in [7, 11) is 1.66. The van der Waals surface area contributed by atoms with Gasteiger partial charge in [0.05, 0.1) is 11.6 Å². The van der Waals surface area contributed by atoms with E-state index >= 15 is 0 Å². The third-order valence-corrected chi connectivity index (χ3v) is 4.44. The first kappa shape index (κ1) is 16.6. The first-order chi connectivity index (χ1) is 10.0. The smallest absolute Gasteiger partial charge is 0.133 e. The quantitative estimate of drug-likeness (QED) is 0.718. The molecule has 0 aliphatic rings. The Labute approximate surface area is 143 Å². The van der Waals surface area contributed by atoms with E-state index in [0.29, 0.717) is 10.0 Å². The summed E-state index contributed by atoms with van der Waals surface area (Å²) in [6.45, 7) is 2.82. The lowest BCUT2D eigenvalue weighted by Crippen LogP contribution is -2.18. The molecule has 0 bridgehead atoms. The number of hydrogen-bond acceptors (Lipinski definition) is 2. The fourth-order valence-electron chi connectivity index (χ4n) is 2.05. The molecule has 2 aromatic carbocycles. The van der Waals surface area contributed by atoms with E-state index in [0.717, 1.165) is 22.3 Å². The standard InChI is InChI=1S/C16H16BrCl2NO/c1-10(13-5-4-12(18)8-15(13)19)20-9-11-3-6-16(21-2)14(17)7-11/h3-8,10,20H,9H2,1-2H3. The van der Waals surface area contributed by atoms with E-state index < -0.39 is 0 Å². The van der Waals surface area contributed by atoms with E-state index in [4.69, 9.17) is 27.9 Å². The van der Waals surface area contributed by atoms with E-state index in [1.54, 1.807) is 13.2 Å². The van der Waals surface area contributed by atoms with Crippen LogP contribution in [0, 0.1) is 0 Å². The minimum absolute atomic E-state index is 0.135. The number of ether oxygens (including phenoxy) is 1. The third kappa shape index (κ3) is 4.36. The van der Waals surface area contributed by atoms with Crippen LogP contribution in [-0.2, 0) is 6.54 Å². The van der Waals surface area contributed by atoms with E-state index in [1.165, 1.54) is 5.56 Å². The summed E-state index contributed by atoms with van der Waals surface area (Å²) in [5, 5.41) is 4.78. The lowest BCUT2D eigenvalue weighted by Gasteiger charge is -2.16. The van der Waals surface area contributed by atoms with Crippen molar-refractivity contribution in [2.24, 2.45) is 0 Å². The normalized spacial score (nSPS) is 12.2. The molecule has 0 saturated carbocycles. The van der Waals surface area contributed by atoms with Gasteiger partial charge >= 0.3 is 0 Å². The zero-order valence-corrected chi connectivity index (χ0v) is 14.9. The summed E-state index contributed by atoms with van der Waals surface area (Å²) in [5.74, 6) is 0.826. The van der Waals surface area contributed by atoms with Crippen LogP contribution in [0.1, 0.15) is 24.1 Å².